The zero-order valence-corrected chi connectivity index (χ0v) is 18.4. The Balaban J connectivity index is 1.88. The number of aromatic nitrogens is 2. The summed E-state index contributed by atoms with van der Waals surface area (Å²) >= 11 is 1.55. The van der Waals surface area contributed by atoms with Crippen LogP contribution in [-0.2, 0) is 0 Å². The molecule has 10 heteroatoms. The Morgan fingerprint density at radius 1 is 1.43 bits per heavy atom. The lowest BCUT2D eigenvalue weighted by atomic mass is 10.0. The highest BCUT2D eigenvalue weighted by atomic mass is 32.2. The fourth-order valence-electron chi connectivity index (χ4n) is 3.10. The quantitative estimate of drug-likeness (QED) is 0.716. The molecule has 8 nitrogen and oxygen atoms in total. The molecule has 0 saturated heterocycles. The van der Waals surface area contributed by atoms with Gasteiger partial charge in [0.25, 0.3) is 5.91 Å². The molecule has 3 rings (SSSR count). The highest BCUT2D eigenvalue weighted by Gasteiger charge is 2.32. The molecule has 0 fully saturated rings. The molecule has 3 N–H and O–H groups in total. The first kappa shape index (κ1) is 22.0. The van der Waals surface area contributed by atoms with Crippen LogP contribution in [0.1, 0.15) is 41.6 Å². The Labute approximate surface area is 179 Å². The number of likely N-dealkylation sites (N-methyl/N-ethyl adjacent to an activating group) is 1. The van der Waals surface area contributed by atoms with Crippen molar-refractivity contribution >= 4 is 29.4 Å². The second-order valence-electron chi connectivity index (χ2n) is 7.48. The number of rotatable bonds is 4. The van der Waals surface area contributed by atoms with Crippen LogP contribution >= 0.6 is 11.9 Å². The summed E-state index contributed by atoms with van der Waals surface area (Å²) in [5.74, 6) is -0.0901. The normalized spacial score (nSPS) is 19.0. The molecular formula is C20H25FN6O2S. The fourth-order valence-corrected chi connectivity index (χ4v) is 4.24. The van der Waals surface area contributed by atoms with Crippen molar-refractivity contribution in [1.82, 2.24) is 14.3 Å². The van der Waals surface area contributed by atoms with Crippen molar-refractivity contribution in [3.63, 3.8) is 0 Å². The Morgan fingerprint density at radius 2 is 2.17 bits per heavy atom. The number of amides is 1. The summed E-state index contributed by atoms with van der Waals surface area (Å²) < 4.78 is 21.3. The van der Waals surface area contributed by atoms with Gasteiger partial charge in [0.15, 0.2) is 0 Å². The van der Waals surface area contributed by atoms with Crippen molar-refractivity contribution in [2.45, 2.75) is 31.6 Å². The van der Waals surface area contributed by atoms with Gasteiger partial charge in [-0.3, -0.25) is 14.1 Å². The van der Waals surface area contributed by atoms with Crippen LogP contribution in [0.3, 0.4) is 0 Å². The number of anilines is 1. The third kappa shape index (κ3) is 4.71. The number of nitrogens with zero attached hydrogens (tertiary/aromatic N) is 4. The van der Waals surface area contributed by atoms with E-state index in [-0.39, 0.29) is 5.69 Å². The Bertz CT molecular complexity index is 997. The van der Waals surface area contributed by atoms with Crippen molar-refractivity contribution in [3.8, 4) is 5.88 Å². The maximum Gasteiger partial charge on any atom is 0.276 e. The standard InChI is InChI=1S/C20H25FN6O2S/c1-11-17(23-9-16(24-11)29-5)18(28)25-12-6-7-14(21)13(8-12)15-10-27(4)30-20(2,3)19(22)26-15/h6-9,15H,10H2,1-5H3,(H2,22,26)(H,25,28)/t15-/m0/s1. The van der Waals surface area contributed by atoms with E-state index in [1.165, 1.54) is 25.4 Å². The van der Waals surface area contributed by atoms with Crippen LogP contribution in [0.25, 0.3) is 0 Å². The molecule has 1 amide bonds. The summed E-state index contributed by atoms with van der Waals surface area (Å²) in [5, 5.41) is 2.75. The van der Waals surface area contributed by atoms with Gasteiger partial charge in [0, 0.05) is 17.8 Å². The Hall–Kier alpha value is -2.72. The zero-order valence-electron chi connectivity index (χ0n) is 17.6. The SMILES string of the molecule is COc1cnc(C(=O)Nc2ccc(F)c([C@@H]3CN(C)SC(C)(C)C(N)=N3)c2)c(C)n1. The van der Waals surface area contributed by atoms with E-state index in [0.717, 1.165) is 0 Å². The molecule has 30 heavy (non-hydrogen) atoms. The van der Waals surface area contributed by atoms with E-state index in [4.69, 9.17) is 10.5 Å². The van der Waals surface area contributed by atoms with Gasteiger partial charge >= 0.3 is 0 Å². The summed E-state index contributed by atoms with van der Waals surface area (Å²) in [6.07, 6.45) is 1.37. The van der Waals surface area contributed by atoms with Gasteiger partial charge in [0.1, 0.15) is 17.3 Å². The van der Waals surface area contributed by atoms with Crippen LogP contribution in [0.5, 0.6) is 5.88 Å². The van der Waals surface area contributed by atoms with Gasteiger partial charge in [-0.1, -0.05) is 11.9 Å². The number of methoxy groups -OCH3 is 1. The summed E-state index contributed by atoms with van der Waals surface area (Å²) in [6.45, 7) is 6.09. The fraction of sp³-hybridized carbons (Fsp3) is 0.400. The number of nitrogens with two attached hydrogens (primary N) is 1. The van der Waals surface area contributed by atoms with Crippen molar-refractivity contribution in [3.05, 3.63) is 47.2 Å². The number of halogens is 1. The van der Waals surface area contributed by atoms with Crippen LogP contribution in [-0.4, -0.2) is 51.5 Å². The van der Waals surface area contributed by atoms with Crippen LogP contribution in [0.2, 0.25) is 0 Å². The molecule has 2 aromatic rings. The number of benzene rings is 1. The topological polar surface area (TPSA) is 106 Å². The lowest BCUT2D eigenvalue weighted by Gasteiger charge is -2.25. The second kappa shape index (κ2) is 8.57. The molecule has 0 aliphatic carbocycles. The van der Waals surface area contributed by atoms with Crippen molar-refractivity contribution in [2.75, 3.05) is 26.0 Å². The molecule has 0 unspecified atom stereocenters. The monoisotopic (exact) mass is 432 g/mol. The average Bonchev–Trinajstić information content (AvgIpc) is 2.77. The van der Waals surface area contributed by atoms with Crippen molar-refractivity contribution in [2.24, 2.45) is 10.7 Å². The first-order chi connectivity index (χ1) is 14.1. The Morgan fingerprint density at radius 3 is 2.83 bits per heavy atom. The van der Waals surface area contributed by atoms with E-state index in [1.807, 2.05) is 25.2 Å². The predicted molar refractivity (Wildman–Crippen MR) is 116 cm³/mol. The van der Waals surface area contributed by atoms with Gasteiger partial charge in [-0.2, -0.15) is 0 Å². The third-order valence-electron chi connectivity index (χ3n) is 4.69. The van der Waals surface area contributed by atoms with Crippen molar-refractivity contribution in [1.29, 1.82) is 0 Å². The predicted octanol–water partition coefficient (Wildman–Crippen LogP) is 2.96. The number of nitrogens with one attached hydrogen (secondary N) is 1. The number of carbonyl (C=O) groups is 1. The summed E-state index contributed by atoms with van der Waals surface area (Å²) in [7, 11) is 3.39. The molecule has 160 valence electrons. The molecule has 0 bridgehead atoms. The molecule has 0 saturated carbocycles. The van der Waals surface area contributed by atoms with Gasteiger partial charge < -0.3 is 15.8 Å². The smallest absolute Gasteiger partial charge is 0.276 e. The number of aliphatic imine (C=N–C) groups is 1. The van der Waals surface area contributed by atoms with E-state index in [9.17, 15) is 9.18 Å². The van der Waals surface area contributed by atoms with Crippen LogP contribution < -0.4 is 15.8 Å². The van der Waals surface area contributed by atoms with Gasteiger partial charge in [-0.25, -0.2) is 14.4 Å². The van der Waals surface area contributed by atoms with E-state index >= 15 is 0 Å². The molecule has 1 aliphatic rings. The maximum absolute atomic E-state index is 14.7. The second-order valence-corrected chi connectivity index (χ2v) is 9.31. The molecule has 1 aromatic carbocycles. The Kier molecular flexibility index (Phi) is 6.27. The minimum atomic E-state index is -0.497. The third-order valence-corrected chi connectivity index (χ3v) is 5.81. The number of amidine groups is 1. The number of hydrogen-bond donors (Lipinski definition) is 2. The maximum atomic E-state index is 14.7. The highest BCUT2D eigenvalue weighted by molar-refractivity contribution is 7.99. The molecular weight excluding hydrogens is 407 g/mol. The van der Waals surface area contributed by atoms with Gasteiger partial charge in [0.2, 0.25) is 5.88 Å². The van der Waals surface area contributed by atoms with Gasteiger partial charge in [-0.15, -0.1) is 0 Å². The van der Waals surface area contributed by atoms with Crippen LogP contribution in [0.4, 0.5) is 10.1 Å². The van der Waals surface area contributed by atoms with Gasteiger partial charge in [0.05, 0.1) is 29.8 Å². The minimum absolute atomic E-state index is 0.163. The summed E-state index contributed by atoms with van der Waals surface area (Å²) in [5.41, 5.74) is 7.55. The number of hydrogen-bond acceptors (Lipinski definition) is 8. The number of carbonyl (C=O) groups excluding carboxylic acids is 1. The van der Waals surface area contributed by atoms with E-state index in [1.54, 1.807) is 24.9 Å². The number of ether oxygens (including phenoxy) is 1. The van der Waals surface area contributed by atoms with Gasteiger partial charge in [-0.05, 0) is 46.0 Å². The average molecular weight is 433 g/mol. The molecule has 1 aliphatic heterocycles. The lowest BCUT2D eigenvalue weighted by Crippen LogP contribution is -2.36. The van der Waals surface area contributed by atoms with Crippen LogP contribution in [0.15, 0.2) is 29.4 Å². The molecule has 2 heterocycles. The molecule has 0 spiro atoms. The van der Waals surface area contributed by atoms with Crippen molar-refractivity contribution < 1.29 is 13.9 Å². The molecule has 1 atom stereocenters. The van der Waals surface area contributed by atoms with E-state index in [0.29, 0.717) is 35.2 Å². The first-order valence-electron chi connectivity index (χ1n) is 9.33. The highest BCUT2D eigenvalue weighted by Crippen LogP contribution is 2.35. The minimum Gasteiger partial charge on any atom is -0.480 e. The molecule has 1 aromatic heterocycles. The first-order valence-corrected chi connectivity index (χ1v) is 10.1. The summed E-state index contributed by atoms with van der Waals surface area (Å²) in [6, 6.07) is 3.89. The molecule has 0 radical (unpaired) electrons. The summed E-state index contributed by atoms with van der Waals surface area (Å²) in [4.78, 5) is 25.5. The largest absolute Gasteiger partial charge is 0.480 e. The number of aryl methyl sites for hydroxylation is 1. The van der Waals surface area contributed by atoms with E-state index < -0.39 is 22.5 Å². The van der Waals surface area contributed by atoms with Crippen LogP contribution in [0, 0.1) is 12.7 Å². The van der Waals surface area contributed by atoms with E-state index in [2.05, 4.69) is 20.3 Å². The lowest BCUT2D eigenvalue weighted by molar-refractivity contribution is 0.102. The zero-order chi connectivity index (χ0) is 22.1.